The smallest absolute Gasteiger partial charge is 0.303 e. The van der Waals surface area contributed by atoms with Crippen LogP contribution in [0.1, 0.15) is 12.8 Å². The molecule has 35 heavy (non-hydrogen) atoms. The Balaban J connectivity index is 1.28. The predicted octanol–water partition coefficient (Wildman–Crippen LogP) is 6.72. The Bertz CT molecular complexity index is 1260. The summed E-state index contributed by atoms with van der Waals surface area (Å²) in [5.41, 5.74) is 6.45. The number of carboxylic acid groups (broad SMARTS) is 1. The molecule has 0 aliphatic carbocycles. The second-order valence-electron chi connectivity index (χ2n) is 7.91. The Labute approximate surface area is 203 Å². The molecule has 4 aromatic rings. The van der Waals surface area contributed by atoms with Crippen molar-refractivity contribution in [2.75, 3.05) is 21.3 Å². The van der Waals surface area contributed by atoms with Gasteiger partial charge in [0.05, 0.1) is 6.42 Å². The lowest BCUT2D eigenvalue weighted by Gasteiger charge is -2.11. The molecule has 4 aromatic carbocycles. The van der Waals surface area contributed by atoms with Crippen LogP contribution in [0.25, 0.3) is 0 Å². The molecule has 0 saturated carbocycles. The van der Waals surface area contributed by atoms with Crippen LogP contribution in [-0.4, -0.2) is 17.0 Å². The van der Waals surface area contributed by atoms with Crippen molar-refractivity contribution in [3.63, 3.8) is 0 Å². The van der Waals surface area contributed by atoms with Crippen molar-refractivity contribution in [2.45, 2.75) is 12.8 Å². The monoisotopic (exact) mass is 466 g/mol. The van der Waals surface area contributed by atoms with Crippen molar-refractivity contribution in [1.82, 2.24) is 0 Å². The molecule has 176 valence electrons. The Hall–Kier alpha value is -4.78. The molecule has 0 fully saturated rings. The summed E-state index contributed by atoms with van der Waals surface area (Å²) in [6, 6.07) is 33.4. The molecule has 0 heterocycles. The maximum Gasteiger partial charge on any atom is 0.303 e. The molecule has 0 aliphatic rings. The van der Waals surface area contributed by atoms with Gasteiger partial charge in [-0.15, -0.1) is 0 Å². The first kappa shape index (κ1) is 23.4. The summed E-state index contributed by atoms with van der Waals surface area (Å²) >= 11 is 0. The quantitative estimate of drug-likeness (QED) is 0.178. The number of para-hydroxylation sites is 1. The number of aliphatic carboxylic acids is 1. The largest absolute Gasteiger partial charge is 0.481 e. The molecule has 0 aliphatic heterocycles. The van der Waals surface area contributed by atoms with Crippen LogP contribution in [-0.2, 0) is 9.59 Å². The van der Waals surface area contributed by atoms with Crippen molar-refractivity contribution in [3.8, 4) is 0 Å². The van der Waals surface area contributed by atoms with Gasteiger partial charge in [-0.2, -0.15) is 0 Å². The summed E-state index contributed by atoms with van der Waals surface area (Å²) in [6.07, 6.45) is -0.239. The Morgan fingerprint density at radius 1 is 0.486 bits per heavy atom. The van der Waals surface area contributed by atoms with E-state index in [0.29, 0.717) is 5.69 Å². The van der Waals surface area contributed by atoms with Crippen LogP contribution in [0.2, 0.25) is 0 Å². The van der Waals surface area contributed by atoms with Crippen LogP contribution in [0.15, 0.2) is 103 Å². The SMILES string of the molecule is O=C(O)CCC(=O)Nc1ccc(Nc2ccc(Nc3ccc(Nc4ccccc4)cc3)cc2)cc1. The van der Waals surface area contributed by atoms with Crippen molar-refractivity contribution < 1.29 is 14.7 Å². The maximum absolute atomic E-state index is 11.7. The molecule has 0 bridgehead atoms. The van der Waals surface area contributed by atoms with E-state index in [2.05, 4.69) is 21.3 Å². The summed E-state index contributed by atoms with van der Waals surface area (Å²) in [6.45, 7) is 0. The first-order valence-electron chi connectivity index (χ1n) is 11.2. The van der Waals surface area contributed by atoms with Gasteiger partial charge in [0.2, 0.25) is 5.91 Å². The van der Waals surface area contributed by atoms with Crippen LogP contribution in [0, 0.1) is 0 Å². The number of hydrogen-bond acceptors (Lipinski definition) is 5. The molecule has 0 atom stereocenters. The Kier molecular flexibility index (Phi) is 7.60. The maximum atomic E-state index is 11.7. The standard InChI is InChI=1S/C28H26N4O3/c33-27(18-19-28(34)35)32-26-16-14-25(15-17-26)31-24-12-10-23(11-13-24)30-22-8-6-21(7-9-22)29-20-4-2-1-3-5-20/h1-17,29-31H,18-19H2,(H,32,33)(H,34,35). The zero-order valence-electron chi connectivity index (χ0n) is 19.0. The van der Waals surface area contributed by atoms with Crippen LogP contribution in [0.3, 0.4) is 0 Å². The van der Waals surface area contributed by atoms with Gasteiger partial charge >= 0.3 is 5.97 Å². The van der Waals surface area contributed by atoms with Gasteiger partial charge in [-0.1, -0.05) is 18.2 Å². The van der Waals surface area contributed by atoms with Crippen molar-refractivity contribution in [1.29, 1.82) is 0 Å². The van der Waals surface area contributed by atoms with Gasteiger partial charge in [-0.3, -0.25) is 9.59 Å². The van der Waals surface area contributed by atoms with E-state index in [1.54, 1.807) is 12.1 Å². The van der Waals surface area contributed by atoms with E-state index in [-0.39, 0.29) is 18.7 Å². The molecule has 5 N–H and O–H groups in total. The summed E-state index contributed by atoms with van der Waals surface area (Å²) in [4.78, 5) is 22.3. The molecule has 0 saturated heterocycles. The van der Waals surface area contributed by atoms with Gasteiger partial charge in [0.1, 0.15) is 0 Å². The lowest BCUT2D eigenvalue weighted by Crippen LogP contribution is -2.13. The number of benzene rings is 4. The molecule has 0 spiro atoms. The summed E-state index contributed by atoms with van der Waals surface area (Å²) in [5, 5.41) is 21.4. The first-order valence-corrected chi connectivity index (χ1v) is 11.2. The number of rotatable bonds is 10. The van der Waals surface area contributed by atoms with Gasteiger partial charge in [-0.25, -0.2) is 0 Å². The predicted molar refractivity (Wildman–Crippen MR) is 141 cm³/mol. The average Bonchev–Trinajstić information content (AvgIpc) is 2.87. The first-order chi connectivity index (χ1) is 17.0. The number of anilines is 7. The van der Waals surface area contributed by atoms with Crippen LogP contribution >= 0.6 is 0 Å². The van der Waals surface area contributed by atoms with E-state index >= 15 is 0 Å². The number of carbonyl (C=O) groups is 2. The third-order valence-corrected chi connectivity index (χ3v) is 5.14. The fraction of sp³-hybridized carbons (Fsp3) is 0.0714. The summed E-state index contributed by atoms with van der Waals surface area (Å²) < 4.78 is 0. The summed E-state index contributed by atoms with van der Waals surface area (Å²) in [5.74, 6) is -1.31. The number of carboxylic acids is 1. The van der Waals surface area contributed by atoms with E-state index in [0.717, 1.165) is 34.1 Å². The van der Waals surface area contributed by atoms with E-state index in [1.165, 1.54) is 0 Å². The molecule has 0 aromatic heterocycles. The highest BCUT2D eigenvalue weighted by molar-refractivity contribution is 5.92. The van der Waals surface area contributed by atoms with Crippen LogP contribution in [0.4, 0.5) is 39.8 Å². The molecule has 4 rings (SSSR count). The topological polar surface area (TPSA) is 102 Å². The van der Waals surface area contributed by atoms with Gasteiger partial charge < -0.3 is 26.4 Å². The minimum atomic E-state index is -0.991. The molecule has 0 radical (unpaired) electrons. The minimum Gasteiger partial charge on any atom is -0.481 e. The highest BCUT2D eigenvalue weighted by atomic mass is 16.4. The molecule has 7 heteroatoms. The van der Waals surface area contributed by atoms with Crippen molar-refractivity contribution >= 4 is 51.7 Å². The van der Waals surface area contributed by atoms with E-state index in [1.807, 2.05) is 91.0 Å². The number of amides is 1. The normalized spacial score (nSPS) is 10.3. The highest BCUT2D eigenvalue weighted by Gasteiger charge is 2.06. The average molecular weight is 467 g/mol. The fourth-order valence-corrected chi connectivity index (χ4v) is 3.38. The third kappa shape index (κ3) is 7.36. The fourth-order valence-electron chi connectivity index (χ4n) is 3.38. The molecule has 1 amide bonds. The molecule has 7 nitrogen and oxygen atoms in total. The second kappa shape index (κ2) is 11.4. The summed E-state index contributed by atoms with van der Waals surface area (Å²) in [7, 11) is 0. The third-order valence-electron chi connectivity index (χ3n) is 5.14. The lowest BCUT2D eigenvalue weighted by atomic mass is 10.2. The van der Waals surface area contributed by atoms with Crippen LogP contribution < -0.4 is 21.3 Å². The zero-order chi connectivity index (χ0) is 24.5. The molecule has 0 unspecified atom stereocenters. The van der Waals surface area contributed by atoms with E-state index in [9.17, 15) is 9.59 Å². The van der Waals surface area contributed by atoms with Crippen molar-refractivity contribution in [3.05, 3.63) is 103 Å². The van der Waals surface area contributed by atoms with Gasteiger partial charge in [0, 0.05) is 46.2 Å². The Morgan fingerprint density at radius 2 is 0.829 bits per heavy atom. The van der Waals surface area contributed by atoms with Gasteiger partial charge in [0.25, 0.3) is 0 Å². The minimum absolute atomic E-state index is 0.0512. The number of carbonyl (C=O) groups excluding carboxylic acids is 1. The van der Waals surface area contributed by atoms with Gasteiger partial charge in [0.15, 0.2) is 0 Å². The van der Waals surface area contributed by atoms with Crippen LogP contribution in [0.5, 0.6) is 0 Å². The Morgan fingerprint density at radius 3 is 1.20 bits per heavy atom. The highest BCUT2D eigenvalue weighted by Crippen LogP contribution is 2.24. The molecular weight excluding hydrogens is 440 g/mol. The zero-order valence-corrected chi connectivity index (χ0v) is 19.0. The lowest BCUT2D eigenvalue weighted by molar-refractivity contribution is -0.138. The van der Waals surface area contributed by atoms with E-state index < -0.39 is 5.97 Å². The number of hydrogen-bond donors (Lipinski definition) is 5. The number of nitrogens with one attached hydrogen (secondary N) is 4. The van der Waals surface area contributed by atoms with E-state index in [4.69, 9.17) is 5.11 Å². The second-order valence-corrected chi connectivity index (χ2v) is 7.91. The van der Waals surface area contributed by atoms with Gasteiger partial charge in [-0.05, 0) is 84.9 Å². The molecular formula is C28H26N4O3. The van der Waals surface area contributed by atoms with Crippen molar-refractivity contribution in [2.24, 2.45) is 0 Å².